The lowest BCUT2D eigenvalue weighted by Gasteiger charge is -2.22. The SMILES string of the molecule is COc1cccc(-c2noc(CN3C(=O)NC(C)(c4ccc(OC(F)F)cc4)C3=O)n2)c1. The molecule has 0 bridgehead atoms. The molecule has 11 heteroatoms. The maximum atomic E-state index is 13.1. The van der Waals surface area contributed by atoms with Crippen LogP contribution in [0.2, 0.25) is 0 Å². The minimum Gasteiger partial charge on any atom is -0.497 e. The third kappa shape index (κ3) is 3.96. The van der Waals surface area contributed by atoms with Crippen LogP contribution >= 0.6 is 0 Å². The standard InChI is InChI=1S/C21H18F2N4O5/c1-21(13-6-8-14(9-7-13)31-19(22)23)18(28)27(20(29)25-21)11-16-24-17(26-32-16)12-4-3-5-15(10-12)30-2/h3-10,19H,11H2,1-2H3,(H,25,29). The molecular formula is C21H18F2N4O5. The van der Waals surface area contributed by atoms with Crippen LogP contribution in [0.4, 0.5) is 13.6 Å². The lowest BCUT2D eigenvalue weighted by molar-refractivity contribution is -0.131. The Kier molecular flexibility index (Phi) is 5.47. The molecule has 2 aromatic carbocycles. The number of ether oxygens (including phenoxy) is 2. The van der Waals surface area contributed by atoms with Gasteiger partial charge in [-0.2, -0.15) is 13.8 Å². The smallest absolute Gasteiger partial charge is 0.387 e. The molecule has 32 heavy (non-hydrogen) atoms. The summed E-state index contributed by atoms with van der Waals surface area (Å²) < 4.78 is 39.4. The van der Waals surface area contributed by atoms with Gasteiger partial charge in [0, 0.05) is 5.56 Å². The van der Waals surface area contributed by atoms with Crippen molar-refractivity contribution < 1.29 is 32.4 Å². The van der Waals surface area contributed by atoms with E-state index in [2.05, 4.69) is 20.2 Å². The predicted molar refractivity (Wildman–Crippen MR) is 106 cm³/mol. The van der Waals surface area contributed by atoms with Gasteiger partial charge in [0.05, 0.1) is 7.11 Å². The van der Waals surface area contributed by atoms with Gasteiger partial charge in [0.15, 0.2) is 0 Å². The summed E-state index contributed by atoms with van der Waals surface area (Å²) in [4.78, 5) is 30.8. The Labute approximate surface area is 180 Å². The first-order chi connectivity index (χ1) is 15.3. The van der Waals surface area contributed by atoms with Crippen molar-refractivity contribution in [2.24, 2.45) is 0 Å². The highest BCUT2D eigenvalue weighted by molar-refractivity contribution is 6.07. The summed E-state index contributed by atoms with van der Waals surface area (Å²) in [5.41, 5.74) is -0.342. The van der Waals surface area contributed by atoms with Gasteiger partial charge in [-0.15, -0.1) is 0 Å². The van der Waals surface area contributed by atoms with Crippen molar-refractivity contribution in [3.05, 3.63) is 60.0 Å². The maximum absolute atomic E-state index is 13.1. The fraction of sp³-hybridized carbons (Fsp3) is 0.238. The van der Waals surface area contributed by atoms with Gasteiger partial charge < -0.3 is 19.3 Å². The van der Waals surface area contributed by atoms with Crippen molar-refractivity contribution in [2.45, 2.75) is 25.6 Å². The number of urea groups is 1. The quantitative estimate of drug-likeness (QED) is 0.557. The Morgan fingerprint density at radius 1 is 1.16 bits per heavy atom. The van der Waals surface area contributed by atoms with Gasteiger partial charge in [-0.3, -0.25) is 9.69 Å². The van der Waals surface area contributed by atoms with Crippen molar-refractivity contribution in [1.82, 2.24) is 20.4 Å². The second-order valence-electron chi connectivity index (χ2n) is 7.09. The number of alkyl halides is 2. The largest absolute Gasteiger partial charge is 0.497 e. The van der Waals surface area contributed by atoms with Crippen LogP contribution in [0.1, 0.15) is 18.4 Å². The molecule has 0 radical (unpaired) electrons. The number of hydrogen-bond donors (Lipinski definition) is 1. The second kappa shape index (κ2) is 8.25. The van der Waals surface area contributed by atoms with Crippen LogP contribution in [0.15, 0.2) is 53.1 Å². The molecule has 1 aromatic heterocycles. The average Bonchev–Trinajstić information content (AvgIpc) is 3.33. The van der Waals surface area contributed by atoms with Gasteiger partial charge in [0.25, 0.3) is 5.91 Å². The van der Waals surface area contributed by atoms with Crippen molar-refractivity contribution >= 4 is 11.9 Å². The van der Waals surface area contributed by atoms with Crippen LogP contribution in [-0.2, 0) is 16.9 Å². The van der Waals surface area contributed by atoms with Crippen molar-refractivity contribution in [3.8, 4) is 22.9 Å². The number of imide groups is 1. The molecule has 1 atom stereocenters. The zero-order chi connectivity index (χ0) is 22.9. The number of aromatic nitrogens is 2. The number of nitrogens with one attached hydrogen (secondary N) is 1. The molecule has 1 N–H and O–H groups in total. The third-order valence-electron chi connectivity index (χ3n) is 5.02. The Morgan fingerprint density at radius 2 is 1.91 bits per heavy atom. The lowest BCUT2D eigenvalue weighted by Crippen LogP contribution is -2.40. The topological polar surface area (TPSA) is 107 Å². The molecule has 9 nitrogen and oxygen atoms in total. The molecule has 1 unspecified atom stereocenters. The van der Waals surface area contributed by atoms with E-state index in [9.17, 15) is 18.4 Å². The normalized spacial score (nSPS) is 18.2. The molecule has 3 aromatic rings. The summed E-state index contributed by atoms with van der Waals surface area (Å²) in [7, 11) is 1.54. The Morgan fingerprint density at radius 3 is 2.59 bits per heavy atom. The molecule has 3 amide bonds. The van der Waals surface area contributed by atoms with Crippen LogP contribution in [0.3, 0.4) is 0 Å². The van der Waals surface area contributed by atoms with Crippen molar-refractivity contribution in [2.75, 3.05) is 7.11 Å². The fourth-order valence-electron chi connectivity index (χ4n) is 3.34. The number of amides is 3. The average molecular weight is 444 g/mol. The van der Waals surface area contributed by atoms with Crippen LogP contribution in [0, 0.1) is 0 Å². The maximum Gasteiger partial charge on any atom is 0.387 e. The molecular weight excluding hydrogens is 426 g/mol. The van der Waals surface area contributed by atoms with E-state index in [-0.39, 0.29) is 24.0 Å². The van der Waals surface area contributed by atoms with Gasteiger partial charge in [-0.05, 0) is 36.8 Å². The first-order valence-corrected chi connectivity index (χ1v) is 9.46. The summed E-state index contributed by atoms with van der Waals surface area (Å²) in [6.45, 7) is -1.67. The first kappa shape index (κ1) is 21.2. The minimum atomic E-state index is -2.96. The second-order valence-corrected chi connectivity index (χ2v) is 7.09. The Hall–Kier alpha value is -4.02. The molecule has 0 saturated carbocycles. The van der Waals surface area contributed by atoms with E-state index in [0.29, 0.717) is 16.9 Å². The number of hydrogen-bond acceptors (Lipinski definition) is 7. The number of nitrogens with zero attached hydrogens (tertiary/aromatic N) is 3. The summed E-state index contributed by atoms with van der Waals surface area (Å²) in [5.74, 6) is 0.353. The van der Waals surface area contributed by atoms with E-state index in [1.54, 1.807) is 24.3 Å². The molecule has 1 aliphatic rings. The van der Waals surface area contributed by atoms with E-state index in [1.807, 2.05) is 0 Å². The Bertz CT molecular complexity index is 1150. The zero-order valence-electron chi connectivity index (χ0n) is 17.0. The van der Waals surface area contributed by atoms with E-state index >= 15 is 0 Å². The van der Waals surface area contributed by atoms with E-state index in [1.165, 1.54) is 38.3 Å². The van der Waals surface area contributed by atoms with E-state index < -0.39 is 24.1 Å². The van der Waals surface area contributed by atoms with Crippen LogP contribution < -0.4 is 14.8 Å². The number of carbonyl (C=O) groups excluding carboxylic acids is 2. The van der Waals surface area contributed by atoms with Crippen molar-refractivity contribution in [1.29, 1.82) is 0 Å². The highest BCUT2D eigenvalue weighted by Gasteiger charge is 2.49. The van der Waals surface area contributed by atoms with E-state index in [0.717, 1.165) is 4.90 Å². The van der Waals surface area contributed by atoms with Gasteiger partial charge in [-0.25, -0.2) is 4.79 Å². The van der Waals surface area contributed by atoms with Gasteiger partial charge >= 0.3 is 12.6 Å². The fourth-order valence-corrected chi connectivity index (χ4v) is 3.34. The molecule has 166 valence electrons. The number of methoxy groups -OCH3 is 1. The number of carbonyl (C=O) groups is 2. The number of benzene rings is 2. The highest BCUT2D eigenvalue weighted by atomic mass is 19.3. The zero-order valence-corrected chi connectivity index (χ0v) is 17.0. The van der Waals surface area contributed by atoms with Gasteiger partial charge in [-0.1, -0.05) is 29.4 Å². The minimum absolute atomic E-state index is 0.0584. The first-order valence-electron chi connectivity index (χ1n) is 9.46. The summed E-state index contributed by atoms with van der Waals surface area (Å²) in [5, 5.41) is 6.52. The van der Waals surface area contributed by atoms with Crippen molar-refractivity contribution in [3.63, 3.8) is 0 Å². The third-order valence-corrected chi connectivity index (χ3v) is 5.02. The summed E-state index contributed by atoms with van der Waals surface area (Å²) >= 11 is 0. The summed E-state index contributed by atoms with van der Waals surface area (Å²) in [6, 6.07) is 11.9. The number of rotatable bonds is 7. The van der Waals surface area contributed by atoms with Crippen LogP contribution in [0.5, 0.6) is 11.5 Å². The molecule has 4 rings (SSSR count). The van der Waals surface area contributed by atoms with Crippen LogP contribution in [0.25, 0.3) is 11.4 Å². The molecule has 1 fully saturated rings. The summed E-state index contributed by atoms with van der Waals surface area (Å²) in [6.07, 6.45) is 0. The predicted octanol–water partition coefficient (Wildman–Crippen LogP) is 3.31. The van der Waals surface area contributed by atoms with Gasteiger partial charge in [0.2, 0.25) is 11.7 Å². The molecule has 2 heterocycles. The highest BCUT2D eigenvalue weighted by Crippen LogP contribution is 2.31. The monoisotopic (exact) mass is 444 g/mol. The molecule has 1 aliphatic heterocycles. The van der Waals surface area contributed by atoms with Gasteiger partial charge in [0.1, 0.15) is 23.6 Å². The molecule has 0 aliphatic carbocycles. The Balaban J connectivity index is 1.51. The lowest BCUT2D eigenvalue weighted by atomic mass is 9.92. The van der Waals surface area contributed by atoms with Crippen LogP contribution in [-0.4, -0.2) is 40.7 Å². The van der Waals surface area contributed by atoms with E-state index in [4.69, 9.17) is 9.26 Å². The molecule has 0 spiro atoms. The number of halogens is 2. The molecule has 1 saturated heterocycles.